The summed E-state index contributed by atoms with van der Waals surface area (Å²) in [6.07, 6.45) is 4.22. The van der Waals surface area contributed by atoms with Crippen molar-refractivity contribution in [3.8, 4) is 6.07 Å². The molecule has 16 heavy (non-hydrogen) atoms. The van der Waals surface area contributed by atoms with Gasteiger partial charge >= 0.3 is 0 Å². The van der Waals surface area contributed by atoms with Crippen molar-refractivity contribution in [3.63, 3.8) is 0 Å². The third kappa shape index (κ3) is 1.89. The van der Waals surface area contributed by atoms with E-state index in [9.17, 15) is 4.79 Å². The molecule has 0 bridgehead atoms. The number of pyridine rings is 1. The summed E-state index contributed by atoms with van der Waals surface area (Å²) in [5, 5.41) is 8.64. The molecule has 82 valence electrons. The maximum absolute atomic E-state index is 11.9. The van der Waals surface area contributed by atoms with Gasteiger partial charge in [-0.1, -0.05) is 6.92 Å². The molecule has 2 heterocycles. The monoisotopic (exact) mass is 215 g/mol. The Kier molecular flexibility index (Phi) is 2.86. The third-order valence-corrected chi connectivity index (χ3v) is 2.80. The van der Waals surface area contributed by atoms with Gasteiger partial charge in [-0.05, 0) is 18.1 Å². The van der Waals surface area contributed by atoms with Gasteiger partial charge in [0, 0.05) is 25.5 Å². The molecule has 1 saturated heterocycles. The minimum atomic E-state index is -0.0192. The number of hydrogen-bond acceptors (Lipinski definition) is 3. The van der Waals surface area contributed by atoms with E-state index in [4.69, 9.17) is 5.26 Å². The van der Waals surface area contributed by atoms with Crippen LogP contribution in [0.2, 0.25) is 0 Å². The molecule has 0 saturated carbocycles. The van der Waals surface area contributed by atoms with Crippen molar-refractivity contribution in [1.29, 1.82) is 5.26 Å². The van der Waals surface area contributed by atoms with Gasteiger partial charge < -0.3 is 4.90 Å². The predicted molar refractivity (Wildman–Crippen MR) is 58.6 cm³/mol. The largest absolute Gasteiger partial charge is 0.336 e. The molecule has 0 N–H and O–H groups in total. The fraction of sp³-hybridized carbons (Fsp3) is 0.417. The van der Waals surface area contributed by atoms with Crippen LogP contribution >= 0.6 is 0 Å². The zero-order chi connectivity index (χ0) is 11.5. The van der Waals surface area contributed by atoms with Gasteiger partial charge in [-0.2, -0.15) is 5.26 Å². The third-order valence-electron chi connectivity index (χ3n) is 2.80. The quantitative estimate of drug-likeness (QED) is 0.745. The van der Waals surface area contributed by atoms with Crippen LogP contribution in [-0.4, -0.2) is 28.9 Å². The summed E-state index contributed by atoms with van der Waals surface area (Å²) in [5.41, 5.74) is 1.68. The number of hydrogen-bond donors (Lipinski definition) is 0. The van der Waals surface area contributed by atoms with Crippen LogP contribution in [0.3, 0.4) is 0 Å². The number of rotatable bonds is 2. The number of nitriles is 1. The van der Waals surface area contributed by atoms with Crippen molar-refractivity contribution in [1.82, 2.24) is 9.88 Å². The number of amides is 1. The molecule has 2 rings (SSSR count). The molecule has 1 aromatic rings. The van der Waals surface area contributed by atoms with Crippen molar-refractivity contribution >= 4 is 5.91 Å². The number of likely N-dealkylation sites (tertiary alicyclic amines) is 1. The van der Waals surface area contributed by atoms with Crippen molar-refractivity contribution < 1.29 is 4.79 Å². The molecule has 0 radical (unpaired) electrons. The van der Waals surface area contributed by atoms with E-state index in [0.29, 0.717) is 18.7 Å². The van der Waals surface area contributed by atoms with Crippen LogP contribution in [0.15, 0.2) is 18.5 Å². The molecule has 4 nitrogen and oxygen atoms in total. The highest BCUT2D eigenvalue weighted by Crippen LogP contribution is 2.17. The van der Waals surface area contributed by atoms with E-state index < -0.39 is 0 Å². The van der Waals surface area contributed by atoms with Gasteiger partial charge in [0.1, 0.15) is 0 Å². The Morgan fingerprint density at radius 2 is 2.38 bits per heavy atom. The molecule has 0 spiro atoms. The second kappa shape index (κ2) is 4.31. The average molecular weight is 215 g/mol. The van der Waals surface area contributed by atoms with Gasteiger partial charge in [0.25, 0.3) is 5.91 Å². The van der Waals surface area contributed by atoms with E-state index in [1.54, 1.807) is 17.3 Å². The zero-order valence-corrected chi connectivity index (χ0v) is 9.18. The first-order valence-corrected chi connectivity index (χ1v) is 5.37. The van der Waals surface area contributed by atoms with Gasteiger partial charge in [-0.3, -0.25) is 9.78 Å². The maximum atomic E-state index is 11.9. The lowest BCUT2D eigenvalue weighted by Gasteiger charge is -2.35. The number of nitrogens with zero attached hydrogens (tertiary/aromatic N) is 3. The molecule has 1 aliphatic heterocycles. The Bertz CT molecular complexity index is 444. The number of aromatic nitrogens is 1. The number of aryl methyl sites for hydroxylation is 1. The standard InChI is InChI=1S/C12H13N3O/c1-2-9-3-11(6-14-5-9)12(16)15-7-10(4-13)8-15/h3,5-6,10H,2,7-8H2,1H3. The SMILES string of the molecule is CCc1cncc(C(=O)N2CC(C#N)C2)c1. The average Bonchev–Trinajstić information content (AvgIpc) is 2.27. The highest BCUT2D eigenvalue weighted by Gasteiger charge is 2.31. The molecular weight excluding hydrogens is 202 g/mol. The lowest BCUT2D eigenvalue weighted by molar-refractivity contribution is 0.0577. The first-order valence-electron chi connectivity index (χ1n) is 5.37. The number of carbonyl (C=O) groups is 1. The molecular formula is C12H13N3O. The Hall–Kier alpha value is -1.89. The molecule has 1 amide bonds. The highest BCUT2D eigenvalue weighted by atomic mass is 16.2. The topological polar surface area (TPSA) is 57.0 Å². The number of carbonyl (C=O) groups excluding carboxylic acids is 1. The molecule has 1 fully saturated rings. The molecule has 4 heteroatoms. The molecule has 0 atom stereocenters. The van der Waals surface area contributed by atoms with Gasteiger partial charge in [0.2, 0.25) is 0 Å². The summed E-state index contributed by atoms with van der Waals surface area (Å²) < 4.78 is 0. The summed E-state index contributed by atoms with van der Waals surface area (Å²) in [7, 11) is 0. The first-order chi connectivity index (χ1) is 7.74. The van der Waals surface area contributed by atoms with Crippen molar-refractivity contribution in [3.05, 3.63) is 29.6 Å². The van der Waals surface area contributed by atoms with Crippen LogP contribution in [0.4, 0.5) is 0 Å². The van der Waals surface area contributed by atoms with Crippen molar-refractivity contribution in [2.24, 2.45) is 5.92 Å². The minimum absolute atomic E-state index is 0.00580. The minimum Gasteiger partial charge on any atom is -0.336 e. The first kappa shape index (κ1) is 10.6. The Morgan fingerprint density at radius 3 is 3.00 bits per heavy atom. The lowest BCUT2D eigenvalue weighted by Crippen LogP contribution is -2.49. The van der Waals surface area contributed by atoms with Crippen molar-refractivity contribution in [2.45, 2.75) is 13.3 Å². The fourth-order valence-electron chi connectivity index (χ4n) is 1.71. The summed E-state index contributed by atoms with van der Waals surface area (Å²) in [6.45, 7) is 3.12. The van der Waals surface area contributed by atoms with E-state index in [1.807, 2.05) is 13.0 Å². The van der Waals surface area contributed by atoms with Crippen LogP contribution < -0.4 is 0 Å². The van der Waals surface area contributed by atoms with Crippen LogP contribution in [0, 0.1) is 17.2 Å². The normalized spacial score (nSPS) is 15.4. The molecule has 1 aliphatic rings. The van der Waals surface area contributed by atoms with E-state index in [1.165, 1.54) is 0 Å². The van der Waals surface area contributed by atoms with Gasteiger partial charge in [-0.25, -0.2) is 0 Å². The second-order valence-electron chi connectivity index (χ2n) is 3.97. The summed E-state index contributed by atoms with van der Waals surface area (Å²) in [6, 6.07) is 4.02. The predicted octanol–water partition coefficient (Wildman–Crippen LogP) is 1.24. The lowest BCUT2D eigenvalue weighted by atomic mass is 10.0. The molecule has 0 unspecified atom stereocenters. The molecule has 0 aliphatic carbocycles. The van der Waals surface area contributed by atoms with E-state index >= 15 is 0 Å². The Balaban J connectivity index is 2.07. The van der Waals surface area contributed by atoms with Crippen LogP contribution in [0.25, 0.3) is 0 Å². The van der Waals surface area contributed by atoms with Crippen molar-refractivity contribution in [2.75, 3.05) is 13.1 Å². The summed E-state index contributed by atoms with van der Waals surface area (Å²) in [5.74, 6) is -0.0134. The molecule has 1 aromatic heterocycles. The highest BCUT2D eigenvalue weighted by molar-refractivity contribution is 5.94. The summed E-state index contributed by atoms with van der Waals surface area (Å²) >= 11 is 0. The van der Waals surface area contributed by atoms with E-state index in [-0.39, 0.29) is 11.8 Å². The van der Waals surface area contributed by atoms with E-state index in [0.717, 1.165) is 12.0 Å². The molecule has 0 aromatic carbocycles. The van der Waals surface area contributed by atoms with Gasteiger partial charge in [-0.15, -0.1) is 0 Å². The Labute approximate surface area is 94.5 Å². The Morgan fingerprint density at radius 1 is 1.62 bits per heavy atom. The second-order valence-corrected chi connectivity index (χ2v) is 3.97. The van der Waals surface area contributed by atoms with Gasteiger partial charge in [0.15, 0.2) is 0 Å². The smallest absolute Gasteiger partial charge is 0.255 e. The van der Waals surface area contributed by atoms with Gasteiger partial charge in [0.05, 0.1) is 17.6 Å². The van der Waals surface area contributed by atoms with E-state index in [2.05, 4.69) is 11.1 Å². The zero-order valence-electron chi connectivity index (χ0n) is 9.18. The maximum Gasteiger partial charge on any atom is 0.255 e. The van der Waals surface area contributed by atoms with Crippen LogP contribution in [0.5, 0.6) is 0 Å². The van der Waals surface area contributed by atoms with Crippen LogP contribution in [0.1, 0.15) is 22.8 Å². The fourth-order valence-corrected chi connectivity index (χ4v) is 1.71. The summed E-state index contributed by atoms with van der Waals surface area (Å²) in [4.78, 5) is 17.7. The van der Waals surface area contributed by atoms with Crippen LogP contribution in [-0.2, 0) is 6.42 Å².